The molecule has 1 aromatic carbocycles. The molecule has 3 nitrogen and oxygen atoms in total. The van der Waals surface area contributed by atoms with Crippen molar-refractivity contribution in [3.8, 4) is 0 Å². The highest BCUT2D eigenvalue weighted by Crippen LogP contribution is 2.19. The quantitative estimate of drug-likeness (QED) is 0.750. The SMILES string of the molecule is CC(C)CC1CN=C(c2ccccc2)OC1=O. The number of aliphatic imine (C=N–C) groups is 1. The molecule has 3 heteroatoms. The van der Waals surface area contributed by atoms with Crippen LogP contribution in [-0.2, 0) is 9.53 Å². The minimum atomic E-state index is -0.146. The monoisotopic (exact) mass is 231 g/mol. The van der Waals surface area contributed by atoms with Crippen LogP contribution in [0.5, 0.6) is 0 Å². The molecule has 17 heavy (non-hydrogen) atoms. The van der Waals surface area contributed by atoms with Gasteiger partial charge in [-0.25, -0.2) is 4.99 Å². The minimum absolute atomic E-state index is 0.0811. The molecule has 1 unspecified atom stereocenters. The largest absolute Gasteiger partial charge is 0.407 e. The summed E-state index contributed by atoms with van der Waals surface area (Å²) in [7, 11) is 0. The molecule has 0 amide bonds. The molecule has 2 rings (SSSR count). The Bertz CT molecular complexity index is 423. The van der Waals surface area contributed by atoms with Gasteiger partial charge in [0.2, 0.25) is 5.90 Å². The number of nitrogens with zero attached hydrogens (tertiary/aromatic N) is 1. The van der Waals surface area contributed by atoms with Gasteiger partial charge in [-0.3, -0.25) is 4.79 Å². The average molecular weight is 231 g/mol. The van der Waals surface area contributed by atoms with Crippen LogP contribution in [-0.4, -0.2) is 18.4 Å². The maximum absolute atomic E-state index is 11.8. The van der Waals surface area contributed by atoms with E-state index in [-0.39, 0.29) is 11.9 Å². The lowest BCUT2D eigenvalue weighted by atomic mass is 9.96. The van der Waals surface area contributed by atoms with Crippen LogP contribution in [0.15, 0.2) is 35.3 Å². The van der Waals surface area contributed by atoms with Crippen molar-refractivity contribution in [3.63, 3.8) is 0 Å². The molecule has 0 saturated carbocycles. The van der Waals surface area contributed by atoms with Crippen molar-refractivity contribution in [2.24, 2.45) is 16.8 Å². The van der Waals surface area contributed by atoms with Gasteiger partial charge in [-0.15, -0.1) is 0 Å². The first-order chi connectivity index (χ1) is 8.16. The van der Waals surface area contributed by atoms with Crippen LogP contribution in [0.1, 0.15) is 25.8 Å². The molecule has 0 saturated heterocycles. The first kappa shape index (κ1) is 11.8. The summed E-state index contributed by atoms with van der Waals surface area (Å²) in [5.74, 6) is 0.714. The van der Waals surface area contributed by atoms with Crippen molar-refractivity contribution in [2.45, 2.75) is 20.3 Å². The Balaban J connectivity index is 2.10. The first-order valence-electron chi connectivity index (χ1n) is 5.98. The van der Waals surface area contributed by atoms with Crippen LogP contribution >= 0.6 is 0 Å². The summed E-state index contributed by atoms with van der Waals surface area (Å²) in [6.07, 6.45) is 0.838. The Morgan fingerprint density at radius 2 is 2.06 bits per heavy atom. The van der Waals surface area contributed by atoms with Gasteiger partial charge in [0.1, 0.15) is 0 Å². The molecule has 1 atom stereocenters. The van der Waals surface area contributed by atoms with Gasteiger partial charge < -0.3 is 4.74 Å². The molecule has 0 fully saturated rings. The number of hydrogen-bond acceptors (Lipinski definition) is 3. The fourth-order valence-corrected chi connectivity index (χ4v) is 1.95. The van der Waals surface area contributed by atoms with E-state index in [0.29, 0.717) is 18.4 Å². The van der Waals surface area contributed by atoms with E-state index in [2.05, 4.69) is 18.8 Å². The van der Waals surface area contributed by atoms with E-state index < -0.39 is 0 Å². The molecular weight excluding hydrogens is 214 g/mol. The van der Waals surface area contributed by atoms with Crippen molar-refractivity contribution in [2.75, 3.05) is 6.54 Å². The summed E-state index contributed by atoms with van der Waals surface area (Å²) < 4.78 is 5.30. The van der Waals surface area contributed by atoms with Crippen LogP contribution in [0.25, 0.3) is 0 Å². The summed E-state index contributed by atoms with van der Waals surface area (Å²) >= 11 is 0. The topological polar surface area (TPSA) is 38.7 Å². The van der Waals surface area contributed by atoms with E-state index >= 15 is 0 Å². The van der Waals surface area contributed by atoms with E-state index in [1.807, 2.05) is 30.3 Å². The predicted molar refractivity (Wildman–Crippen MR) is 66.9 cm³/mol. The Morgan fingerprint density at radius 1 is 1.35 bits per heavy atom. The van der Waals surface area contributed by atoms with E-state index in [0.717, 1.165) is 12.0 Å². The molecule has 1 aromatic rings. The van der Waals surface area contributed by atoms with Crippen LogP contribution in [0.2, 0.25) is 0 Å². The highest BCUT2D eigenvalue weighted by Gasteiger charge is 2.27. The molecule has 1 heterocycles. The molecular formula is C14H17NO2. The van der Waals surface area contributed by atoms with Gasteiger partial charge in [-0.05, 0) is 24.5 Å². The molecule has 1 aliphatic rings. The summed E-state index contributed by atoms with van der Waals surface area (Å²) in [5.41, 5.74) is 0.865. The number of carbonyl (C=O) groups is 1. The second-order valence-corrected chi connectivity index (χ2v) is 4.76. The van der Waals surface area contributed by atoms with E-state index in [1.54, 1.807) is 0 Å². The predicted octanol–water partition coefficient (Wildman–Crippen LogP) is 2.65. The van der Waals surface area contributed by atoms with Gasteiger partial charge in [-0.2, -0.15) is 0 Å². The van der Waals surface area contributed by atoms with Crippen LogP contribution in [0, 0.1) is 11.8 Å². The van der Waals surface area contributed by atoms with Gasteiger partial charge in [0.25, 0.3) is 0 Å². The zero-order chi connectivity index (χ0) is 12.3. The Kier molecular flexibility index (Phi) is 3.57. The van der Waals surface area contributed by atoms with Crippen LogP contribution in [0.3, 0.4) is 0 Å². The maximum atomic E-state index is 11.8. The number of esters is 1. The van der Waals surface area contributed by atoms with Crippen molar-refractivity contribution >= 4 is 11.9 Å². The number of carbonyl (C=O) groups excluding carboxylic acids is 1. The number of cyclic esters (lactones) is 1. The molecule has 90 valence electrons. The Labute approximate surface area is 102 Å². The molecule has 0 spiro atoms. The van der Waals surface area contributed by atoms with Crippen molar-refractivity contribution in [3.05, 3.63) is 35.9 Å². The molecule has 0 aromatic heterocycles. The molecule has 0 aliphatic carbocycles. The lowest BCUT2D eigenvalue weighted by molar-refractivity contribution is -0.141. The lowest BCUT2D eigenvalue weighted by Crippen LogP contribution is -2.30. The number of ether oxygens (including phenoxy) is 1. The van der Waals surface area contributed by atoms with Gasteiger partial charge >= 0.3 is 5.97 Å². The normalized spacial score (nSPS) is 20.1. The van der Waals surface area contributed by atoms with Crippen molar-refractivity contribution in [1.82, 2.24) is 0 Å². The van der Waals surface area contributed by atoms with Crippen molar-refractivity contribution < 1.29 is 9.53 Å². The van der Waals surface area contributed by atoms with Gasteiger partial charge in [0.05, 0.1) is 12.5 Å². The van der Waals surface area contributed by atoms with E-state index in [4.69, 9.17) is 4.74 Å². The van der Waals surface area contributed by atoms with Gasteiger partial charge in [0.15, 0.2) is 0 Å². The van der Waals surface area contributed by atoms with Gasteiger partial charge in [0, 0.05) is 5.56 Å². The first-order valence-corrected chi connectivity index (χ1v) is 5.98. The smallest absolute Gasteiger partial charge is 0.317 e. The molecule has 0 radical (unpaired) electrons. The summed E-state index contributed by atoms with van der Waals surface area (Å²) in [4.78, 5) is 16.2. The third kappa shape index (κ3) is 2.93. The Hall–Kier alpha value is -1.64. The second kappa shape index (κ2) is 5.13. The standard InChI is InChI=1S/C14H17NO2/c1-10(2)8-12-9-15-13(17-14(12)16)11-6-4-3-5-7-11/h3-7,10,12H,8-9H2,1-2H3. The van der Waals surface area contributed by atoms with Crippen LogP contribution in [0.4, 0.5) is 0 Å². The maximum Gasteiger partial charge on any atom is 0.317 e. The number of benzene rings is 1. The fourth-order valence-electron chi connectivity index (χ4n) is 1.95. The zero-order valence-electron chi connectivity index (χ0n) is 10.2. The van der Waals surface area contributed by atoms with Gasteiger partial charge in [-0.1, -0.05) is 32.0 Å². The van der Waals surface area contributed by atoms with E-state index in [9.17, 15) is 4.79 Å². The molecule has 0 N–H and O–H groups in total. The third-order valence-corrected chi connectivity index (χ3v) is 2.76. The third-order valence-electron chi connectivity index (χ3n) is 2.76. The Morgan fingerprint density at radius 3 is 2.65 bits per heavy atom. The number of hydrogen-bond donors (Lipinski definition) is 0. The summed E-state index contributed by atoms with van der Waals surface area (Å²) in [5, 5.41) is 0. The fraction of sp³-hybridized carbons (Fsp3) is 0.429. The highest BCUT2D eigenvalue weighted by atomic mass is 16.5. The summed E-state index contributed by atoms with van der Waals surface area (Å²) in [6.45, 7) is 4.74. The highest BCUT2D eigenvalue weighted by molar-refractivity contribution is 6.02. The average Bonchev–Trinajstić information content (AvgIpc) is 2.32. The lowest BCUT2D eigenvalue weighted by Gasteiger charge is -2.21. The number of rotatable bonds is 3. The van der Waals surface area contributed by atoms with E-state index in [1.165, 1.54) is 0 Å². The second-order valence-electron chi connectivity index (χ2n) is 4.76. The zero-order valence-corrected chi connectivity index (χ0v) is 10.2. The van der Waals surface area contributed by atoms with Crippen molar-refractivity contribution in [1.29, 1.82) is 0 Å². The van der Waals surface area contributed by atoms with Crippen LogP contribution < -0.4 is 0 Å². The summed E-state index contributed by atoms with van der Waals surface area (Å²) in [6, 6.07) is 9.54. The minimum Gasteiger partial charge on any atom is -0.407 e. The molecule has 0 bridgehead atoms. The molecule has 1 aliphatic heterocycles.